The molecule has 0 heterocycles. The first-order valence-corrected chi connectivity index (χ1v) is 9.26. The molecule has 1 fully saturated rings. The van der Waals surface area contributed by atoms with Gasteiger partial charge >= 0.3 is 0 Å². The van der Waals surface area contributed by atoms with Gasteiger partial charge in [-0.15, -0.1) is 24.0 Å². The molecule has 0 aliphatic heterocycles. The number of nitrogens with one attached hydrogen (secondary N) is 3. The summed E-state index contributed by atoms with van der Waals surface area (Å²) in [5, 5.41) is 9.74. The van der Waals surface area contributed by atoms with Gasteiger partial charge in [0.1, 0.15) is 0 Å². The van der Waals surface area contributed by atoms with Crippen LogP contribution in [0.15, 0.2) is 4.99 Å². The largest absolute Gasteiger partial charge is 0.357 e. The standard InChI is InChI=1S/C18H36N4O.HI/c1-6-14-9-11-15(12-10-14)22-17(20-8-3)21-13-18(4,5)16(23)19-7-2;/h14-15H,6-13H2,1-5H3,(H,19,23)(H2,20,21,22);1H. The Labute approximate surface area is 165 Å². The second kappa shape index (κ2) is 11.9. The molecule has 0 radical (unpaired) electrons. The van der Waals surface area contributed by atoms with Gasteiger partial charge in [0.15, 0.2) is 5.96 Å². The minimum Gasteiger partial charge on any atom is -0.357 e. The van der Waals surface area contributed by atoms with E-state index in [9.17, 15) is 4.79 Å². The fourth-order valence-corrected chi connectivity index (χ4v) is 2.98. The number of carbonyl (C=O) groups is 1. The Balaban J connectivity index is 0.00000529. The monoisotopic (exact) mass is 452 g/mol. The molecule has 1 aliphatic carbocycles. The zero-order chi connectivity index (χ0) is 17.3. The SMILES string of the molecule is CCNC(=O)C(C)(C)CN=C(NCC)NC1CCC(CC)CC1.I. The Morgan fingerprint density at radius 1 is 1.04 bits per heavy atom. The zero-order valence-corrected chi connectivity index (χ0v) is 18.4. The highest BCUT2D eigenvalue weighted by atomic mass is 127. The van der Waals surface area contributed by atoms with E-state index >= 15 is 0 Å². The van der Waals surface area contributed by atoms with Crippen molar-refractivity contribution >= 4 is 35.8 Å². The second-order valence-electron chi connectivity index (χ2n) is 7.21. The van der Waals surface area contributed by atoms with E-state index in [1.165, 1.54) is 32.1 Å². The van der Waals surface area contributed by atoms with E-state index in [4.69, 9.17) is 0 Å². The number of halogens is 1. The highest BCUT2D eigenvalue weighted by Crippen LogP contribution is 2.26. The minimum atomic E-state index is -0.488. The molecule has 1 rings (SSSR count). The molecule has 0 bridgehead atoms. The number of hydrogen-bond donors (Lipinski definition) is 3. The molecule has 3 N–H and O–H groups in total. The third-order valence-electron chi connectivity index (χ3n) is 4.69. The summed E-state index contributed by atoms with van der Waals surface area (Å²) in [5.74, 6) is 1.79. The van der Waals surface area contributed by atoms with E-state index in [2.05, 4.69) is 34.8 Å². The van der Waals surface area contributed by atoms with Crippen LogP contribution in [0.1, 0.15) is 66.7 Å². The first-order valence-electron chi connectivity index (χ1n) is 9.26. The van der Waals surface area contributed by atoms with Crippen LogP contribution < -0.4 is 16.0 Å². The smallest absolute Gasteiger partial charge is 0.227 e. The minimum absolute atomic E-state index is 0. The quantitative estimate of drug-likeness (QED) is 0.316. The summed E-state index contributed by atoms with van der Waals surface area (Å²) in [7, 11) is 0. The van der Waals surface area contributed by atoms with Crippen LogP contribution in [0.3, 0.4) is 0 Å². The normalized spacial score (nSPS) is 21.6. The summed E-state index contributed by atoms with van der Waals surface area (Å²) in [6.07, 6.45) is 6.32. The Kier molecular flexibility index (Phi) is 11.7. The van der Waals surface area contributed by atoms with Crippen LogP contribution in [0.4, 0.5) is 0 Å². The number of rotatable bonds is 7. The summed E-state index contributed by atoms with van der Waals surface area (Å²) >= 11 is 0. The van der Waals surface area contributed by atoms with Crippen LogP contribution >= 0.6 is 24.0 Å². The molecule has 0 aromatic carbocycles. The van der Waals surface area contributed by atoms with Crippen molar-refractivity contribution in [1.82, 2.24) is 16.0 Å². The summed E-state index contributed by atoms with van der Waals surface area (Å²) in [5.41, 5.74) is -0.488. The summed E-state index contributed by atoms with van der Waals surface area (Å²) in [6, 6.07) is 0.503. The topological polar surface area (TPSA) is 65.5 Å². The number of guanidine groups is 1. The van der Waals surface area contributed by atoms with Crippen molar-refractivity contribution in [3.05, 3.63) is 0 Å². The lowest BCUT2D eigenvalue weighted by Crippen LogP contribution is -2.46. The van der Waals surface area contributed by atoms with Gasteiger partial charge < -0.3 is 16.0 Å². The Bertz CT molecular complexity index is 390. The maximum atomic E-state index is 12.1. The van der Waals surface area contributed by atoms with E-state index < -0.39 is 5.41 Å². The van der Waals surface area contributed by atoms with Crippen LogP contribution in [0, 0.1) is 11.3 Å². The van der Waals surface area contributed by atoms with Crippen LogP contribution in [0.2, 0.25) is 0 Å². The van der Waals surface area contributed by atoms with E-state index in [1.54, 1.807) is 0 Å². The van der Waals surface area contributed by atoms with E-state index in [1.807, 2.05) is 20.8 Å². The van der Waals surface area contributed by atoms with Gasteiger partial charge in [0.25, 0.3) is 0 Å². The Hall–Kier alpha value is -0.530. The molecule has 0 unspecified atom stereocenters. The van der Waals surface area contributed by atoms with Crippen molar-refractivity contribution < 1.29 is 4.79 Å². The molecule has 0 saturated heterocycles. The molecule has 1 saturated carbocycles. The van der Waals surface area contributed by atoms with E-state index in [0.717, 1.165) is 18.4 Å². The second-order valence-corrected chi connectivity index (χ2v) is 7.21. The maximum Gasteiger partial charge on any atom is 0.227 e. The molecule has 0 spiro atoms. The fraction of sp³-hybridized carbons (Fsp3) is 0.889. The molecular formula is C18H37IN4O. The van der Waals surface area contributed by atoms with Crippen molar-refractivity contribution in [3.63, 3.8) is 0 Å². The summed E-state index contributed by atoms with van der Waals surface area (Å²) < 4.78 is 0. The molecule has 24 heavy (non-hydrogen) atoms. The average molecular weight is 452 g/mol. The predicted octanol–water partition coefficient (Wildman–Crippen LogP) is 3.29. The number of carbonyl (C=O) groups excluding carboxylic acids is 1. The van der Waals surface area contributed by atoms with Gasteiger partial charge in [-0.25, -0.2) is 0 Å². The molecule has 0 aromatic heterocycles. The molecule has 142 valence electrons. The van der Waals surface area contributed by atoms with Crippen LogP contribution in [-0.4, -0.2) is 37.5 Å². The molecule has 5 nitrogen and oxygen atoms in total. The number of amides is 1. The molecule has 0 aromatic rings. The molecule has 1 amide bonds. The lowest BCUT2D eigenvalue weighted by atomic mass is 9.84. The van der Waals surface area contributed by atoms with Crippen molar-refractivity contribution in [3.8, 4) is 0 Å². The van der Waals surface area contributed by atoms with Gasteiger partial charge in [-0.3, -0.25) is 9.79 Å². The molecule has 0 atom stereocenters. The highest BCUT2D eigenvalue weighted by Gasteiger charge is 2.27. The first-order chi connectivity index (χ1) is 10.9. The summed E-state index contributed by atoms with van der Waals surface area (Å²) in [6.45, 7) is 12.2. The maximum absolute atomic E-state index is 12.1. The van der Waals surface area contributed by atoms with Crippen molar-refractivity contribution in [1.29, 1.82) is 0 Å². The van der Waals surface area contributed by atoms with Crippen molar-refractivity contribution in [2.24, 2.45) is 16.3 Å². The lowest BCUT2D eigenvalue weighted by molar-refractivity contribution is -0.128. The lowest BCUT2D eigenvalue weighted by Gasteiger charge is -2.30. The first kappa shape index (κ1) is 23.5. The highest BCUT2D eigenvalue weighted by molar-refractivity contribution is 14.0. The predicted molar refractivity (Wildman–Crippen MR) is 113 cm³/mol. The molecular weight excluding hydrogens is 415 g/mol. The van der Waals surface area contributed by atoms with Crippen LogP contribution in [0.25, 0.3) is 0 Å². The van der Waals surface area contributed by atoms with Crippen molar-refractivity contribution in [2.75, 3.05) is 19.6 Å². The molecule has 6 heteroatoms. The summed E-state index contributed by atoms with van der Waals surface area (Å²) in [4.78, 5) is 16.7. The van der Waals surface area contributed by atoms with Crippen molar-refractivity contribution in [2.45, 2.75) is 72.8 Å². The van der Waals surface area contributed by atoms with E-state index in [0.29, 0.717) is 19.1 Å². The number of hydrogen-bond acceptors (Lipinski definition) is 2. The van der Waals surface area contributed by atoms with Crippen LogP contribution in [0.5, 0.6) is 0 Å². The Morgan fingerprint density at radius 2 is 1.62 bits per heavy atom. The van der Waals surface area contributed by atoms with Gasteiger partial charge in [0.2, 0.25) is 5.91 Å². The zero-order valence-electron chi connectivity index (χ0n) is 16.1. The third kappa shape index (κ3) is 8.03. The fourth-order valence-electron chi connectivity index (χ4n) is 2.98. The van der Waals surface area contributed by atoms with Gasteiger partial charge in [-0.05, 0) is 59.3 Å². The van der Waals surface area contributed by atoms with Crippen LogP contribution in [-0.2, 0) is 4.79 Å². The number of aliphatic imine (C=N–C) groups is 1. The average Bonchev–Trinajstić information content (AvgIpc) is 2.54. The van der Waals surface area contributed by atoms with Gasteiger partial charge in [-0.2, -0.15) is 0 Å². The van der Waals surface area contributed by atoms with E-state index in [-0.39, 0.29) is 29.9 Å². The third-order valence-corrected chi connectivity index (χ3v) is 4.69. The van der Waals surface area contributed by atoms with Gasteiger partial charge in [-0.1, -0.05) is 13.3 Å². The van der Waals surface area contributed by atoms with Gasteiger partial charge in [0, 0.05) is 19.1 Å². The Morgan fingerprint density at radius 3 is 2.12 bits per heavy atom. The molecule has 1 aliphatic rings. The number of nitrogens with zero attached hydrogens (tertiary/aromatic N) is 1. The van der Waals surface area contributed by atoms with Gasteiger partial charge in [0.05, 0.1) is 12.0 Å².